The third-order valence-corrected chi connectivity index (χ3v) is 7.51. The molecule has 2 fully saturated rings. The smallest absolute Gasteiger partial charge is 0.336 e. The van der Waals surface area contributed by atoms with Gasteiger partial charge in [0, 0.05) is 23.4 Å². The van der Waals surface area contributed by atoms with Crippen molar-refractivity contribution in [2.45, 2.75) is 49.6 Å². The fourth-order valence-electron chi connectivity index (χ4n) is 3.67. The molecule has 2 aromatic heterocycles. The fourth-order valence-corrected chi connectivity index (χ4v) is 5.36. The first-order valence-electron chi connectivity index (χ1n) is 9.56. The van der Waals surface area contributed by atoms with Gasteiger partial charge in [-0.15, -0.1) is 0 Å². The molecule has 6 nitrogen and oxygen atoms in total. The summed E-state index contributed by atoms with van der Waals surface area (Å²) in [4.78, 5) is 11.5. The van der Waals surface area contributed by atoms with Crippen LogP contribution in [0.4, 0.5) is 0 Å². The molecule has 2 aliphatic rings. The van der Waals surface area contributed by atoms with Gasteiger partial charge in [-0.2, -0.15) is 4.31 Å². The predicted octanol–water partition coefficient (Wildman–Crippen LogP) is 3.86. The van der Waals surface area contributed by atoms with E-state index in [0.717, 1.165) is 25.0 Å². The van der Waals surface area contributed by atoms with Crippen molar-refractivity contribution in [2.24, 2.45) is 5.92 Å². The normalized spacial score (nSPS) is 22.1. The first-order valence-corrected chi connectivity index (χ1v) is 11.0. The lowest BCUT2D eigenvalue weighted by atomic mass is 10.2. The second-order valence-electron chi connectivity index (χ2n) is 7.86. The first-order chi connectivity index (χ1) is 13.4. The van der Waals surface area contributed by atoms with Crippen LogP contribution in [0.2, 0.25) is 0 Å². The Morgan fingerprint density at radius 2 is 1.86 bits per heavy atom. The lowest BCUT2D eigenvalue weighted by Gasteiger charge is -2.21. The average molecular weight is 399 g/mol. The summed E-state index contributed by atoms with van der Waals surface area (Å²) in [5.74, 6) is 2.74. The molecule has 0 amide bonds. The maximum Gasteiger partial charge on any atom is 0.336 e. The maximum absolute atomic E-state index is 13.3. The third-order valence-electron chi connectivity index (χ3n) is 5.62. The Kier molecular flexibility index (Phi) is 4.00. The highest BCUT2D eigenvalue weighted by Gasteiger charge is 2.40. The van der Waals surface area contributed by atoms with Crippen molar-refractivity contribution in [1.29, 1.82) is 0 Å². The zero-order chi connectivity index (χ0) is 19.5. The molecule has 28 heavy (non-hydrogen) atoms. The number of hydrogen-bond acceptors (Lipinski definition) is 5. The van der Waals surface area contributed by atoms with Crippen molar-refractivity contribution in [2.75, 3.05) is 0 Å². The van der Waals surface area contributed by atoms with Crippen molar-refractivity contribution in [3.63, 3.8) is 0 Å². The Labute approximate surface area is 162 Å². The van der Waals surface area contributed by atoms with Crippen LogP contribution in [0.3, 0.4) is 0 Å². The standard InChI is InChI=1S/C21H21NO5S/c1-13-10-18(13)20-7-5-16(26-20)12-22(15-3-4-15)28(24,25)17-6-8-19-14(11-17)2-9-21(23)27-19/h2,5-9,11,13,15,18H,3-4,10,12H2,1H3. The topological polar surface area (TPSA) is 80.7 Å². The van der Waals surface area contributed by atoms with Gasteiger partial charge in [0.25, 0.3) is 0 Å². The van der Waals surface area contributed by atoms with Crippen molar-refractivity contribution in [3.05, 3.63) is 64.4 Å². The Bertz CT molecular complexity index is 1200. The zero-order valence-electron chi connectivity index (χ0n) is 15.5. The van der Waals surface area contributed by atoms with Crippen LogP contribution >= 0.6 is 0 Å². The molecule has 7 heteroatoms. The SMILES string of the molecule is CC1CC1c1ccc(CN(C2CC2)S(=O)(=O)c2ccc3oc(=O)ccc3c2)o1. The molecule has 0 N–H and O–H groups in total. The van der Waals surface area contributed by atoms with E-state index in [4.69, 9.17) is 8.83 Å². The van der Waals surface area contributed by atoms with Gasteiger partial charge in [0.1, 0.15) is 17.1 Å². The number of benzene rings is 1. The second kappa shape index (κ2) is 6.32. The highest BCUT2D eigenvalue weighted by molar-refractivity contribution is 7.89. The van der Waals surface area contributed by atoms with Gasteiger partial charge in [-0.05, 0) is 61.6 Å². The molecule has 0 aliphatic heterocycles. The number of rotatable bonds is 6. The van der Waals surface area contributed by atoms with Crippen LogP contribution in [0, 0.1) is 5.92 Å². The van der Waals surface area contributed by atoms with E-state index in [0.29, 0.717) is 28.6 Å². The quantitative estimate of drug-likeness (QED) is 0.588. The largest absolute Gasteiger partial charge is 0.464 e. The van der Waals surface area contributed by atoms with Crippen molar-refractivity contribution >= 4 is 21.0 Å². The number of hydrogen-bond donors (Lipinski definition) is 0. The van der Waals surface area contributed by atoms with Crippen LogP contribution in [-0.4, -0.2) is 18.8 Å². The van der Waals surface area contributed by atoms with Crippen LogP contribution < -0.4 is 5.63 Å². The average Bonchev–Trinajstić information content (AvgIpc) is 3.59. The van der Waals surface area contributed by atoms with Crippen molar-refractivity contribution < 1.29 is 17.3 Å². The third kappa shape index (κ3) is 3.18. The molecule has 3 aromatic rings. The van der Waals surface area contributed by atoms with E-state index in [-0.39, 0.29) is 17.5 Å². The first kappa shape index (κ1) is 17.7. The van der Waals surface area contributed by atoms with Gasteiger partial charge in [-0.25, -0.2) is 13.2 Å². The summed E-state index contributed by atoms with van der Waals surface area (Å²) in [7, 11) is -3.69. The Morgan fingerprint density at radius 1 is 1.07 bits per heavy atom. The number of fused-ring (bicyclic) bond motifs is 1. The van der Waals surface area contributed by atoms with Crippen molar-refractivity contribution in [3.8, 4) is 0 Å². The number of sulfonamides is 1. The molecular formula is C21H21NO5S. The molecule has 2 aliphatic carbocycles. The summed E-state index contributed by atoms with van der Waals surface area (Å²) in [6.45, 7) is 2.42. The summed E-state index contributed by atoms with van der Waals surface area (Å²) in [5, 5.41) is 0.583. The minimum absolute atomic E-state index is 0.00259. The molecule has 2 saturated carbocycles. The van der Waals surface area contributed by atoms with E-state index in [1.54, 1.807) is 12.1 Å². The molecule has 5 rings (SSSR count). The van der Waals surface area contributed by atoms with Crippen LogP contribution in [0.5, 0.6) is 0 Å². The predicted molar refractivity (Wildman–Crippen MR) is 103 cm³/mol. The number of nitrogens with zero attached hydrogens (tertiary/aromatic N) is 1. The van der Waals surface area contributed by atoms with E-state index in [1.807, 2.05) is 12.1 Å². The molecular weight excluding hydrogens is 378 g/mol. The lowest BCUT2D eigenvalue weighted by molar-refractivity contribution is 0.348. The molecule has 2 heterocycles. The summed E-state index contributed by atoms with van der Waals surface area (Å²) < 4.78 is 39.2. The Morgan fingerprint density at radius 3 is 2.57 bits per heavy atom. The van der Waals surface area contributed by atoms with E-state index in [9.17, 15) is 13.2 Å². The van der Waals surface area contributed by atoms with Gasteiger partial charge in [0.05, 0.1) is 11.4 Å². The molecule has 0 spiro atoms. The zero-order valence-corrected chi connectivity index (χ0v) is 16.3. The van der Waals surface area contributed by atoms with Gasteiger partial charge < -0.3 is 8.83 Å². The molecule has 1 aromatic carbocycles. The van der Waals surface area contributed by atoms with E-state index < -0.39 is 15.6 Å². The molecule has 2 unspecified atom stereocenters. The second-order valence-corrected chi connectivity index (χ2v) is 9.75. The van der Waals surface area contributed by atoms with Gasteiger partial charge >= 0.3 is 5.63 Å². The van der Waals surface area contributed by atoms with E-state index >= 15 is 0 Å². The van der Waals surface area contributed by atoms with Gasteiger partial charge in [0.15, 0.2) is 0 Å². The summed E-state index contributed by atoms with van der Waals surface area (Å²) in [6.07, 6.45) is 2.84. The van der Waals surface area contributed by atoms with Crippen LogP contribution in [-0.2, 0) is 16.6 Å². The van der Waals surface area contributed by atoms with Crippen LogP contribution in [0.15, 0.2) is 61.0 Å². The lowest BCUT2D eigenvalue weighted by Crippen LogP contribution is -2.32. The van der Waals surface area contributed by atoms with Gasteiger partial charge in [-0.1, -0.05) is 6.92 Å². The van der Waals surface area contributed by atoms with Crippen molar-refractivity contribution in [1.82, 2.24) is 4.31 Å². The molecule has 2 atom stereocenters. The summed E-state index contributed by atoms with van der Waals surface area (Å²) in [5.41, 5.74) is -0.0834. The monoisotopic (exact) mass is 399 g/mol. The maximum atomic E-state index is 13.3. The Balaban J connectivity index is 1.46. The van der Waals surface area contributed by atoms with Crippen LogP contribution in [0.1, 0.15) is 43.6 Å². The molecule has 0 radical (unpaired) electrons. The highest BCUT2D eigenvalue weighted by Crippen LogP contribution is 2.47. The fraction of sp³-hybridized carbons (Fsp3) is 0.381. The van der Waals surface area contributed by atoms with Crippen LogP contribution in [0.25, 0.3) is 11.0 Å². The van der Waals surface area contributed by atoms with Gasteiger partial charge in [-0.3, -0.25) is 0 Å². The number of furan rings is 1. The minimum atomic E-state index is -3.69. The van der Waals surface area contributed by atoms with E-state index in [2.05, 4.69) is 6.92 Å². The Hall–Kier alpha value is -2.38. The molecule has 146 valence electrons. The highest BCUT2D eigenvalue weighted by atomic mass is 32.2. The molecule has 0 bridgehead atoms. The minimum Gasteiger partial charge on any atom is -0.464 e. The summed E-state index contributed by atoms with van der Waals surface area (Å²) in [6, 6.07) is 11.3. The molecule has 0 saturated heterocycles. The summed E-state index contributed by atoms with van der Waals surface area (Å²) >= 11 is 0. The van der Waals surface area contributed by atoms with Gasteiger partial charge in [0.2, 0.25) is 10.0 Å². The van der Waals surface area contributed by atoms with E-state index in [1.165, 1.54) is 22.5 Å².